The minimum atomic E-state index is -4.33. The first-order valence-electron chi connectivity index (χ1n) is 4.38. The van der Waals surface area contributed by atoms with E-state index in [4.69, 9.17) is 4.74 Å². The fraction of sp³-hybridized carbons (Fsp3) is 0.400. The number of hydrogen-bond donors (Lipinski definition) is 0. The SMILES string of the molecule is COc1cc(OCC(F)(F)F)ccc1CBr. The second-order valence-corrected chi connectivity index (χ2v) is 3.57. The summed E-state index contributed by atoms with van der Waals surface area (Å²) in [4.78, 5) is 0. The zero-order valence-corrected chi connectivity index (χ0v) is 10.1. The van der Waals surface area contributed by atoms with Crippen LogP contribution < -0.4 is 9.47 Å². The van der Waals surface area contributed by atoms with Gasteiger partial charge in [-0.25, -0.2) is 0 Å². The van der Waals surface area contributed by atoms with Gasteiger partial charge in [0, 0.05) is 17.0 Å². The van der Waals surface area contributed by atoms with Crippen LogP contribution in [0.15, 0.2) is 18.2 Å². The van der Waals surface area contributed by atoms with Gasteiger partial charge in [-0.05, 0) is 6.07 Å². The summed E-state index contributed by atoms with van der Waals surface area (Å²) in [6, 6.07) is 4.56. The third-order valence-corrected chi connectivity index (χ3v) is 2.41. The molecule has 0 amide bonds. The van der Waals surface area contributed by atoms with Crippen molar-refractivity contribution in [2.75, 3.05) is 13.7 Å². The summed E-state index contributed by atoms with van der Waals surface area (Å²) in [6.45, 7) is -1.30. The molecule has 1 aromatic carbocycles. The van der Waals surface area contributed by atoms with Crippen LogP contribution in [0.5, 0.6) is 11.5 Å². The molecule has 6 heteroatoms. The van der Waals surface area contributed by atoms with Crippen LogP contribution >= 0.6 is 15.9 Å². The molecular formula is C10H10BrF3O2. The summed E-state index contributed by atoms with van der Waals surface area (Å²) in [5, 5.41) is 0.565. The van der Waals surface area contributed by atoms with E-state index < -0.39 is 12.8 Å². The Labute approximate surface area is 99.5 Å². The van der Waals surface area contributed by atoms with E-state index in [1.807, 2.05) is 0 Å². The molecule has 0 spiro atoms. The summed E-state index contributed by atoms with van der Waals surface area (Å²) >= 11 is 3.24. The molecule has 2 nitrogen and oxygen atoms in total. The van der Waals surface area contributed by atoms with Gasteiger partial charge in [0.15, 0.2) is 6.61 Å². The lowest BCUT2D eigenvalue weighted by atomic mass is 10.2. The lowest BCUT2D eigenvalue weighted by Crippen LogP contribution is -2.19. The third-order valence-electron chi connectivity index (χ3n) is 1.81. The molecule has 0 atom stereocenters. The van der Waals surface area contributed by atoms with E-state index in [2.05, 4.69) is 20.7 Å². The van der Waals surface area contributed by atoms with Gasteiger partial charge in [0.2, 0.25) is 0 Å². The van der Waals surface area contributed by atoms with Gasteiger partial charge in [0.05, 0.1) is 7.11 Å². The van der Waals surface area contributed by atoms with E-state index >= 15 is 0 Å². The molecule has 0 aliphatic rings. The lowest BCUT2D eigenvalue weighted by Gasteiger charge is -2.11. The highest BCUT2D eigenvalue weighted by molar-refractivity contribution is 9.08. The number of ether oxygens (including phenoxy) is 2. The maximum absolute atomic E-state index is 11.9. The molecule has 1 aromatic rings. The Balaban J connectivity index is 2.75. The molecule has 0 saturated carbocycles. The molecule has 16 heavy (non-hydrogen) atoms. The Bertz CT molecular complexity index is 352. The first kappa shape index (κ1) is 13.2. The fourth-order valence-electron chi connectivity index (χ4n) is 1.09. The van der Waals surface area contributed by atoms with Gasteiger partial charge in [0.1, 0.15) is 11.5 Å². The van der Waals surface area contributed by atoms with Crippen LogP contribution in [0.2, 0.25) is 0 Å². The smallest absolute Gasteiger partial charge is 0.422 e. The number of alkyl halides is 4. The van der Waals surface area contributed by atoms with E-state index in [1.54, 1.807) is 6.07 Å². The molecule has 0 aromatic heterocycles. The van der Waals surface area contributed by atoms with Crippen molar-refractivity contribution >= 4 is 15.9 Å². The molecule has 90 valence electrons. The van der Waals surface area contributed by atoms with Crippen molar-refractivity contribution in [3.8, 4) is 11.5 Å². The Morgan fingerprint density at radius 2 is 2.00 bits per heavy atom. The number of halogens is 4. The first-order valence-corrected chi connectivity index (χ1v) is 5.51. The van der Waals surface area contributed by atoms with Crippen LogP contribution in [0.25, 0.3) is 0 Å². The van der Waals surface area contributed by atoms with Gasteiger partial charge < -0.3 is 9.47 Å². The van der Waals surface area contributed by atoms with Crippen LogP contribution in [0.3, 0.4) is 0 Å². The molecule has 0 saturated heterocycles. The summed E-state index contributed by atoms with van der Waals surface area (Å²) in [7, 11) is 1.45. The molecule has 0 N–H and O–H groups in total. The molecular weight excluding hydrogens is 289 g/mol. The van der Waals surface area contributed by atoms with Crippen LogP contribution in [0.4, 0.5) is 13.2 Å². The van der Waals surface area contributed by atoms with Crippen molar-refractivity contribution in [1.82, 2.24) is 0 Å². The predicted octanol–water partition coefficient (Wildman–Crippen LogP) is 3.53. The summed E-state index contributed by atoms with van der Waals surface area (Å²) < 4.78 is 45.3. The van der Waals surface area contributed by atoms with Crippen molar-refractivity contribution in [3.05, 3.63) is 23.8 Å². The standard InChI is InChI=1S/C10H10BrF3O2/c1-15-9-4-8(3-2-7(9)5-11)16-6-10(12,13)14/h2-4H,5-6H2,1H3. The molecule has 0 aliphatic carbocycles. The number of methoxy groups -OCH3 is 1. The highest BCUT2D eigenvalue weighted by atomic mass is 79.9. The molecule has 0 fully saturated rings. The molecule has 0 bridgehead atoms. The van der Waals surface area contributed by atoms with E-state index in [0.717, 1.165) is 5.56 Å². The van der Waals surface area contributed by atoms with E-state index in [0.29, 0.717) is 11.1 Å². The van der Waals surface area contributed by atoms with Crippen LogP contribution in [-0.4, -0.2) is 19.9 Å². The predicted molar refractivity (Wildman–Crippen MR) is 57.2 cm³/mol. The number of benzene rings is 1. The van der Waals surface area contributed by atoms with Gasteiger partial charge in [0.25, 0.3) is 0 Å². The van der Waals surface area contributed by atoms with Crippen LogP contribution in [-0.2, 0) is 5.33 Å². The average Bonchev–Trinajstić information content (AvgIpc) is 2.25. The summed E-state index contributed by atoms with van der Waals surface area (Å²) in [5.74, 6) is 0.635. The Morgan fingerprint density at radius 3 is 2.50 bits per heavy atom. The molecule has 0 aliphatic heterocycles. The molecule has 1 rings (SSSR count). The highest BCUT2D eigenvalue weighted by Crippen LogP contribution is 2.27. The minimum Gasteiger partial charge on any atom is -0.496 e. The summed E-state index contributed by atoms with van der Waals surface area (Å²) in [5.41, 5.74) is 0.849. The minimum absolute atomic E-state index is 0.138. The monoisotopic (exact) mass is 298 g/mol. The van der Waals surface area contributed by atoms with E-state index in [1.165, 1.54) is 19.2 Å². The Hall–Kier alpha value is -0.910. The van der Waals surface area contributed by atoms with Gasteiger partial charge in [-0.3, -0.25) is 0 Å². The average molecular weight is 299 g/mol. The largest absolute Gasteiger partial charge is 0.496 e. The topological polar surface area (TPSA) is 18.5 Å². The van der Waals surface area contributed by atoms with Crippen molar-refractivity contribution < 1.29 is 22.6 Å². The molecule has 0 radical (unpaired) electrons. The zero-order valence-electron chi connectivity index (χ0n) is 8.47. The maximum Gasteiger partial charge on any atom is 0.422 e. The zero-order chi connectivity index (χ0) is 12.2. The number of rotatable bonds is 4. The highest BCUT2D eigenvalue weighted by Gasteiger charge is 2.28. The maximum atomic E-state index is 11.9. The first-order chi connectivity index (χ1) is 7.46. The third kappa shape index (κ3) is 3.92. The van der Waals surface area contributed by atoms with Crippen molar-refractivity contribution in [2.24, 2.45) is 0 Å². The second-order valence-electron chi connectivity index (χ2n) is 3.01. The van der Waals surface area contributed by atoms with Gasteiger partial charge in [-0.1, -0.05) is 22.0 Å². The van der Waals surface area contributed by atoms with E-state index in [-0.39, 0.29) is 5.75 Å². The van der Waals surface area contributed by atoms with Crippen molar-refractivity contribution in [2.45, 2.75) is 11.5 Å². The van der Waals surface area contributed by atoms with Crippen LogP contribution in [0, 0.1) is 0 Å². The lowest BCUT2D eigenvalue weighted by molar-refractivity contribution is -0.153. The van der Waals surface area contributed by atoms with Crippen LogP contribution in [0.1, 0.15) is 5.56 Å². The normalized spacial score (nSPS) is 11.3. The van der Waals surface area contributed by atoms with E-state index in [9.17, 15) is 13.2 Å². The summed E-state index contributed by atoms with van der Waals surface area (Å²) in [6.07, 6.45) is -4.33. The quantitative estimate of drug-likeness (QED) is 0.792. The Kier molecular flexibility index (Phi) is 4.46. The Morgan fingerprint density at radius 1 is 1.31 bits per heavy atom. The van der Waals surface area contributed by atoms with Crippen molar-refractivity contribution in [3.63, 3.8) is 0 Å². The molecule has 0 unspecified atom stereocenters. The molecule has 0 heterocycles. The number of hydrogen-bond acceptors (Lipinski definition) is 2. The van der Waals surface area contributed by atoms with Gasteiger partial charge in [-0.2, -0.15) is 13.2 Å². The van der Waals surface area contributed by atoms with Crippen molar-refractivity contribution in [1.29, 1.82) is 0 Å². The second kappa shape index (κ2) is 5.43. The van der Waals surface area contributed by atoms with Gasteiger partial charge >= 0.3 is 6.18 Å². The fourth-order valence-corrected chi connectivity index (χ4v) is 1.55. The van der Waals surface area contributed by atoms with Gasteiger partial charge in [-0.15, -0.1) is 0 Å².